The van der Waals surface area contributed by atoms with Gasteiger partial charge in [-0.05, 0) is 54.4 Å². The van der Waals surface area contributed by atoms with E-state index in [1.54, 1.807) is 12.1 Å². The van der Waals surface area contributed by atoms with Crippen LogP contribution in [0.3, 0.4) is 0 Å². The van der Waals surface area contributed by atoms with Crippen LogP contribution in [0.2, 0.25) is 0 Å². The molecular formula is C43H70CaO2. The summed E-state index contributed by atoms with van der Waals surface area (Å²) in [4.78, 5) is 0. The number of aryl methyl sites for hydroxylation is 2. The third-order valence-electron chi connectivity index (χ3n) is 9.91. The maximum atomic E-state index is 13.0. The fourth-order valence-corrected chi connectivity index (χ4v) is 6.94. The predicted octanol–water partition coefficient (Wildman–Crippen LogP) is 12.3. The molecule has 0 saturated heterocycles. The molecule has 0 aliphatic carbocycles. The van der Waals surface area contributed by atoms with E-state index in [4.69, 9.17) is 0 Å². The Bertz CT molecular complexity index is 894. The minimum atomic E-state index is 0. The molecule has 0 amide bonds. The fourth-order valence-electron chi connectivity index (χ4n) is 6.94. The number of benzene rings is 2. The van der Waals surface area contributed by atoms with Crippen molar-refractivity contribution in [3.63, 3.8) is 0 Å². The van der Waals surface area contributed by atoms with E-state index >= 15 is 0 Å². The topological polar surface area (TPSA) is 46.1 Å². The zero-order valence-electron chi connectivity index (χ0n) is 30.5. The summed E-state index contributed by atoms with van der Waals surface area (Å²) in [6.45, 7) is 4.57. The Morgan fingerprint density at radius 2 is 0.630 bits per heavy atom. The van der Waals surface area contributed by atoms with Gasteiger partial charge in [-0.25, -0.2) is 0 Å². The molecule has 0 fully saturated rings. The van der Waals surface area contributed by atoms with Crippen LogP contribution in [-0.2, 0) is 19.3 Å². The van der Waals surface area contributed by atoms with Crippen LogP contribution < -0.4 is 10.2 Å². The fraction of sp³-hybridized carbons (Fsp3) is 0.721. The third kappa shape index (κ3) is 20.6. The second-order valence-electron chi connectivity index (χ2n) is 13.9. The maximum Gasteiger partial charge on any atom is 2.00 e. The van der Waals surface area contributed by atoms with Crippen molar-refractivity contribution < 1.29 is 10.2 Å². The summed E-state index contributed by atoms with van der Waals surface area (Å²) in [6, 6.07) is 11.4. The Morgan fingerprint density at radius 1 is 0.370 bits per heavy atom. The normalized spacial score (nSPS) is 11.2. The number of hydrogen-bond acceptors (Lipinski definition) is 2. The minimum absolute atomic E-state index is 0. The van der Waals surface area contributed by atoms with Crippen molar-refractivity contribution in [1.82, 2.24) is 0 Å². The van der Waals surface area contributed by atoms with Crippen molar-refractivity contribution in [2.45, 2.75) is 200 Å². The Kier molecular flexibility index (Phi) is 28.6. The van der Waals surface area contributed by atoms with Gasteiger partial charge in [-0.3, -0.25) is 0 Å². The zero-order valence-corrected chi connectivity index (χ0v) is 32.7. The molecule has 0 N–H and O–H groups in total. The van der Waals surface area contributed by atoms with Gasteiger partial charge in [0.25, 0.3) is 0 Å². The van der Waals surface area contributed by atoms with E-state index in [0.29, 0.717) is 6.42 Å². The summed E-state index contributed by atoms with van der Waals surface area (Å²) in [6.07, 6.45) is 37.3. The van der Waals surface area contributed by atoms with Crippen molar-refractivity contribution in [3.05, 3.63) is 58.7 Å². The van der Waals surface area contributed by atoms with Gasteiger partial charge in [0.2, 0.25) is 0 Å². The van der Waals surface area contributed by atoms with Crippen molar-refractivity contribution in [1.29, 1.82) is 0 Å². The summed E-state index contributed by atoms with van der Waals surface area (Å²) < 4.78 is 0. The molecule has 3 heteroatoms. The van der Waals surface area contributed by atoms with E-state index in [2.05, 4.69) is 26.0 Å². The van der Waals surface area contributed by atoms with Gasteiger partial charge in [0.15, 0.2) is 0 Å². The molecule has 0 aromatic heterocycles. The second-order valence-corrected chi connectivity index (χ2v) is 13.9. The average Bonchev–Trinajstić information content (AvgIpc) is 3.04. The maximum absolute atomic E-state index is 13.0. The number of hydrogen-bond donors (Lipinski definition) is 0. The van der Waals surface area contributed by atoms with E-state index in [9.17, 15) is 10.2 Å². The zero-order chi connectivity index (χ0) is 32.2. The molecule has 0 radical (unpaired) electrons. The molecule has 0 spiro atoms. The van der Waals surface area contributed by atoms with E-state index in [1.807, 2.05) is 12.1 Å². The van der Waals surface area contributed by atoms with Crippen LogP contribution in [0.4, 0.5) is 0 Å². The smallest absolute Gasteiger partial charge is 0.872 e. The first-order valence-electron chi connectivity index (χ1n) is 19.7. The van der Waals surface area contributed by atoms with Crippen LogP contribution in [-0.4, -0.2) is 37.7 Å². The van der Waals surface area contributed by atoms with Gasteiger partial charge in [0.05, 0.1) is 0 Å². The standard InChI is InChI=1S/C43H72O2.Ca/c1-3-5-7-9-11-13-15-17-19-21-23-25-27-31-38-33-29-35-42(44)40(38)37-41-39(34-30-36-43(41)45)32-28-26-24-22-20-18-16-14-12-10-8-6-4-2;/h29-30,33-36,44-45H,3-28,31-32,37H2,1-2H3;/q;+2/p-2. The van der Waals surface area contributed by atoms with Crippen LogP contribution in [0, 0.1) is 0 Å². The average molecular weight is 659 g/mol. The molecule has 0 aliphatic heterocycles. The third-order valence-corrected chi connectivity index (χ3v) is 9.91. The van der Waals surface area contributed by atoms with Crippen LogP contribution in [0.5, 0.6) is 11.5 Å². The number of rotatable bonds is 30. The quantitative estimate of drug-likeness (QED) is 0.0619. The van der Waals surface area contributed by atoms with Gasteiger partial charge < -0.3 is 10.2 Å². The Hall–Kier alpha value is -0.700. The molecule has 0 heterocycles. The van der Waals surface area contributed by atoms with Crippen molar-refractivity contribution in [2.75, 3.05) is 0 Å². The van der Waals surface area contributed by atoms with E-state index < -0.39 is 0 Å². The first-order valence-corrected chi connectivity index (χ1v) is 19.7. The molecule has 2 aromatic carbocycles. The van der Waals surface area contributed by atoms with Crippen molar-refractivity contribution in [3.8, 4) is 11.5 Å². The van der Waals surface area contributed by atoms with Gasteiger partial charge in [-0.2, -0.15) is 0 Å². The van der Waals surface area contributed by atoms with E-state index in [0.717, 1.165) is 47.9 Å². The van der Waals surface area contributed by atoms with Crippen LogP contribution in [0.25, 0.3) is 0 Å². The van der Waals surface area contributed by atoms with E-state index in [-0.39, 0.29) is 49.2 Å². The molecule has 0 bridgehead atoms. The number of unbranched alkanes of at least 4 members (excludes halogenated alkanes) is 24. The van der Waals surface area contributed by atoms with Gasteiger partial charge in [-0.15, -0.1) is 11.5 Å². The summed E-state index contributed by atoms with van der Waals surface area (Å²) in [7, 11) is 0. The van der Waals surface area contributed by atoms with E-state index in [1.165, 1.54) is 154 Å². The van der Waals surface area contributed by atoms with Crippen molar-refractivity contribution in [2.24, 2.45) is 0 Å². The summed E-state index contributed by atoms with van der Waals surface area (Å²) in [5.74, 6) is 0.190. The molecular weight excluding hydrogens is 589 g/mol. The Labute approximate surface area is 316 Å². The molecule has 46 heavy (non-hydrogen) atoms. The van der Waals surface area contributed by atoms with Gasteiger partial charge in [0.1, 0.15) is 0 Å². The van der Waals surface area contributed by atoms with Gasteiger partial charge >= 0.3 is 37.7 Å². The van der Waals surface area contributed by atoms with Crippen LogP contribution in [0.15, 0.2) is 36.4 Å². The first-order chi connectivity index (χ1) is 22.2. The largest absolute Gasteiger partial charge is 2.00 e. The molecule has 2 aromatic rings. The SMILES string of the molecule is CCCCCCCCCCCCCCCc1cccc([O-])c1Cc1c([O-])cccc1CCCCCCCCCCCCCCC.[Ca+2]. The molecule has 0 unspecified atom stereocenters. The summed E-state index contributed by atoms with van der Waals surface area (Å²) in [5.41, 5.74) is 4.01. The molecule has 2 rings (SSSR count). The molecule has 0 atom stereocenters. The monoisotopic (exact) mass is 659 g/mol. The summed E-state index contributed by atoms with van der Waals surface area (Å²) >= 11 is 0. The Balaban J connectivity index is 0.0000106. The Morgan fingerprint density at radius 3 is 0.913 bits per heavy atom. The predicted molar refractivity (Wildman–Crippen MR) is 199 cm³/mol. The molecule has 0 saturated carbocycles. The van der Waals surface area contributed by atoms with Gasteiger partial charge in [0, 0.05) is 0 Å². The van der Waals surface area contributed by atoms with Crippen molar-refractivity contribution >= 4 is 37.7 Å². The second kappa shape index (κ2) is 30.4. The molecule has 2 nitrogen and oxygen atoms in total. The molecule has 0 aliphatic rings. The minimum Gasteiger partial charge on any atom is -0.872 e. The molecule has 256 valence electrons. The first kappa shape index (κ1) is 43.3. The van der Waals surface area contributed by atoms with Crippen LogP contribution in [0.1, 0.15) is 203 Å². The van der Waals surface area contributed by atoms with Crippen LogP contribution >= 0.6 is 0 Å². The van der Waals surface area contributed by atoms with Gasteiger partial charge in [-0.1, -0.05) is 204 Å². The summed E-state index contributed by atoms with van der Waals surface area (Å²) in [5, 5.41) is 26.0.